The van der Waals surface area contributed by atoms with E-state index in [4.69, 9.17) is 5.73 Å². The Balaban J connectivity index is 1.63. The van der Waals surface area contributed by atoms with Crippen molar-refractivity contribution in [3.63, 3.8) is 0 Å². The molecule has 1 unspecified atom stereocenters. The van der Waals surface area contributed by atoms with Gasteiger partial charge < -0.3 is 21.7 Å². The number of piperidine rings is 1. The van der Waals surface area contributed by atoms with Crippen LogP contribution < -0.4 is 21.7 Å². The van der Waals surface area contributed by atoms with Gasteiger partial charge in [0.2, 0.25) is 0 Å². The molecule has 8 heteroatoms. The second kappa shape index (κ2) is 7.19. The van der Waals surface area contributed by atoms with Crippen LogP contribution >= 0.6 is 0 Å². The zero-order valence-electron chi connectivity index (χ0n) is 13.2. The van der Waals surface area contributed by atoms with Gasteiger partial charge in [-0.05, 0) is 38.8 Å². The second-order valence-corrected chi connectivity index (χ2v) is 5.76. The molecule has 1 aliphatic rings. The molecule has 1 fully saturated rings. The van der Waals surface area contributed by atoms with E-state index in [1.165, 1.54) is 25.4 Å². The average molecular weight is 314 g/mol. The number of hydrogen-bond acceptors (Lipinski definition) is 8. The van der Waals surface area contributed by atoms with Gasteiger partial charge in [0.15, 0.2) is 0 Å². The molecule has 2 aromatic heterocycles. The summed E-state index contributed by atoms with van der Waals surface area (Å²) in [7, 11) is 0. The third kappa shape index (κ3) is 4.26. The molecule has 0 bridgehead atoms. The Labute approximate surface area is 135 Å². The highest BCUT2D eigenvalue weighted by Gasteiger charge is 2.20. The van der Waals surface area contributed by atoms with Crippen molar-refractivity contribution in [2.75, 3.05) is 29.5 Å². The molecule has 0 amide bonds. The number of nitrogen functional groups attached to an aromatic ring is 1. The number of nitrogens with one attached hydrogen (secondary N) is 3. The molecule has 0 saturated carbocycles. The largest absolute Gasteiger partial charge is 0.382 e. The molecule has 2 aromatic rings. The molecule has 1 saturated heterocycles. The highest BCUT2D eigenvalue weighted by Crippen LogP contribution is 2.20. The molecule has 3 rings (SSSR count). The maximum atomic E-state index is 5.53. The Hall–Kier alpha value is -2.48. The van der Waals surface area contributed by atoms with E-state index in [1.54, 1.807) is 6.20 Å². The van der Waals surface area contributed by atoms with Gasteiger partial charge in [-0.1, -0.05) is 0 Å². The lowest BCUT2D eigenvalue weighted by Crippen LogP contribution is -2.36. The van der Waals surface area contributed by atoms with Gasteiger partial charge in [0, 0.05) is 12.1 Å². The molecule has 5 N–H and O–H groups in total. The first-order valence-corrected chi connectivity index (χ1v) is 7.84. The first-order chi connectivity index (χ1) is 11.2. The molecule has 23 heavy (non-hydrogen) atoms. The first kappa shape index (κ1) is 15.4. The van der Waals surface area contributed by atoms with E-state index in [2.05, 4.69) is 42.8 Å². The predicted octanol–water partition coefficient (Wildman–Crippen LogP) is 1.39. The highest BCUT2D eigenvalue weighted by atomic mass is 15.1. The van der Waals surface area contributed by atoms with Crippen LogP contribution in [-0.4, -0.2) is 39.1 Å². The lowest BCUT2D eigenvalue weighted by atomic mass is 9.91. The maximum Gasteiger partial charge on any atom is 0.150 e. The minimum absolute atomic E-state index is 0.371. The smallest absolute Gasteiger partial charge is 0.150 e. The Kier molecular flexibility index (Phi) is 4.82. The van der Waals surface area contributed by atoms with Crippen LogP contribution in [0.4, 0.5) is 23.3 Å². The molecule has 3 heterocycles. The second-order valence-electron chi connectivity index (χ2n) is 5.76. The SMILES string of the molecule is CC(Nc1cc(Nc2cnc(N)cn2)ncn1)C1CCNCC1. The minimum atomic E-state index is 0.371. The zero-order chi connectivity index (χ0) is 16.1. The Bertz CT molecular complexity index is 624. The normalized spacial score (nSPS) is 16.7. The van der Waals surface area contributed by atoms with E-state index >= 15 is 0 Å². The minimum Gasteiger partial charge on any atom is -0.382 e. The van der Waals surface area contributed by atoms with Crippen molar-refractivity contribution < 1.29 is 0 Å². The van der Waals surface area contributed by atoms with E-state index in [9.17, 15) is 0 Å². The van der Waals surface area contributed by atoms with Crippen molar-refractivity contribution in [2.45, 2.75) is 25.8 Å². The van der Waals surface area contributed by atoms with Crippen LogP contribution in [-0.2, 0) is 0 Å². The van der Waals surface area contributed by atoms with Gasteiger partial charge in [0.05, 0.1) is 12.4 Å². The fourth-order valence-electron chi connectivity index (χ4n) is 2.73. The maximum absolute atomic E-state index is 5.53. The molecule has 1 aliphatic heterocycles. The molecule has 0 radical (unpaired) electrons. The zero-order valence-corrected chi connectivity index (χ0v) is 13.2. The van der Waals surface area contributed by atoms with Crippen LogP contribution in [0, 0.1) is 5.92 Å². The standard InChI is InChI=1S/C15H22N8/c1-10(11-2-4-17-5-3-11)22-13-6-14(21-9-20-13)23-15-8-18-12(16)7-19-15/h6-11,17H,2-5H2,1H3,(H2,16,18)(H2,19,20,21,22,23). The summed E-state index contributed by atoms with van der Waals surface area (Å²) < 4.78 is 0. The lowest BCUT2D eigenvalue weighted by Gasteiger charge is -2.29. The summed E-state index contributed by atoms with van der Waals surface area (Å²) in [5, 5.41) is 9.95. The van der Waals surface area contributed by atoms with Crippen LogP contribution in [0.25, 0.3) is 0 Å². The monoisotopic (exact) mass is 314 g/mol. The molecule has 8 nitrogen and oxygen atoms in total. The molecule has 1 atom stereocenters. The first-order valence-electron chi connectivity index (χ1n) is 7.84. The van der Waals surface area contributed by atoms with Crippen LogP contribution in [0.1, 0.15) is 19.8 Å². The number of aromatic nitrogens is 4. The fourth-order valence-corrected chi connectivity index (χ4v) is 2.73. The molecular formula is C15H22N8. The van der Waals surface area contributed by atoms with Crippen LogP contribution in [0.3, 0.4) is 0 Å². The summed E-state index contributed by atoms with van der Waals surface area (Å²) in [6.07, 6.45) is 6.98. The van der Waals surface area contributed by atoms with Crippen molar-refractivity contribution in [2.24, 2.45) is 5.92 Å². The number of rotatable bonds is 5. The summed E-state index contributed by atoms with van der Waals surface area (Å²) in [6.45, 7) is 4.38. The number of anilines is 4. The van der Waals surface area contributed by atoms with Gasteiger partial charge >= 0.3 is 0 Å². The summed E-state index contributed by atoms with van der Waals surface area (Å²) >= 11 is 0. The third-order valence-electron chi connectivity index (χ3n) is 4.06. The predicted molar refractivity (Wildman–Crippen MR) is 90.4 cm³/mol. The van der Waals surface area contributed by atoms with Crippen molar-refractivity contribution in [1.82, 2.24) is 25.3 Å². The highest BCUT2D eigenvalue weighted by molar-refractivity contribution is 5.55. The quantitative estimate of drug-likeness (QED) is 0.655. The lowest BCUT2D eigenvalue weighted by molar-refractivity contribution is 0.342. The Morgan fingerprint density at radius 3 is 2.61 bits per heavy atom. The van der Waals surface area contributed by atoms with Crippen LogP contribution in [0.2, 0.25) is 0 Å². The van der Waals surface area contributed by atoms with Gasteiger partial charge in [-0.15, -0.1) is 0 Å². The van der Waals surface area contributed by atoms with Gasteiger partial charge in [0.1, 0.15) is 29.6 Å². The molecular weight excluding hydrogens is 292 g/mol. The molecule has 0 spiro atoms. The summed E-state index contributed by atoms with van der Waals surface area (Å²) in [4.78, 5) is 16.6. The summed E-state index contributed by atoms with van der Waals surface area (Å²) in [6, 6.07) is 2.24. The molecule has 0 aliphatic carbocycles. The van der Waals surface area contributed by atoms with E-state index in [-0.39, 0.29) is 0 Å². The Morgan fingerprint density at radius 1 is 1.09 bits per heavy atom. The van der Waals surface area contributed by atoms with E-state index in [0.29, 0.717) is 29.4 Å². The van der Waals surface area contributed by atoms with Gasteiger partial charge in [0.25, 0.3) is 0 Å². The Morgan fingerprint density at radius 2 is 1.87 bits per heavy atom. The number of hydrogen-bond donors (Lipinski definition) is 4. The van der Waals surface area contributed by atoms with Crippen LogP contribution in [0.15, 0.2) is 24.8 Å². The van der Waals surface area contributed by atoms with Gasteiger partial charge in [-0.2, -0.15) is 0 Å². The van der Waals surface area contributed by atoms with E-state index in [0.717, 1.165) is 18.9 Å². The number of nitrogens with zero attached hydrogens (tertiary/aromatic N) is 4. The number of nitrogens with two attached hydrogens (primary N) is 1. The average Bonchev–Trinajstić information content (AvgIpc) is 2.58. The van der Waals surface area contributed by atoms with Crippen molar-refractivity contribution in [3.05, 3.63) is 24.8 Å². The van der Waals surface area contributed by atoms with E-state index in [1.807, 2.05) is 6.07 Å². The van der Waals surface area contributed by atoms with E-state index < -0.39 is 0 Å². The third-order valence-corrected chi connectivity index (χ3v) is 4.06. The van der Waals surface area contributed by atoms with Crippen molar-refractivity contribution in [3.8, 4) is 0 Å². The van der Waals surface area contributed by atoms with Gasteiger partial charge in [-0.3, -0.25) is 0 Å². The summed E-state index contributed by atoms with van der Waals surface area (Å²) in [5.74, 6) is 3.10. The molecule has 122 valence electrons. The topological polar surface area (TPSA) is 114 Å². The van der Waals surface area contributed by atoms with Crippen LogP contribution in [0.5, 0.6) is 0 Å². The summed E-state index contributed by atoms with van der Waals surface area (Å²) in [5.41, 5.74) is 5.53. The fraction of sp³-hybridized carbons (Fsp3) is 0.467. The molecule has 0 aromatic carbocycles. The van der Waals surface area contributed by atoms with Crippen molar-refractivity contribution in [1.29, 1.82) is 0 Å². The van der Waals surface area contributed by atoms with Gasteiger partial charge in [-0.25, -0.2) is 19.9 Å². The van der Waals surface area contributed by atoms with Crippen molar-refractivity contribution >= 4 is 23.3 Å².